The first-order chi connectivity index (χ1) is 5.52. The van der Waals surface area contributed by atoms with Crippen molar-refractivity contribution >= 4 is 0 Å². The minimum absolute atomic E-state index is 0.0174. The van der Waals surface area contributed by atoms with Crippen LogP contribution in [0.4, 0.5) is 0 Å². The molecule has 0 aromatic heterocycles. The molecule has 3 N–H and O–H groups in total. The van der Waals surface area contributed by atoms with Crippen molar-refractivity contribution in [3.8, 4) is 0 Å². The molecule has 0 amide bonds. The van der Waals surface area contributed by atoms with Gasteiger partial charge < -0.3 is 15.7 Å². The molecule has 3 heteroatoms. The van der Waals surface area contributed by atoms with E-state index >= 15 is 0 Å². The van der Waals surface area contributed by atoms with E-state index in [9.17, 15) is 5.11 Å². The van der Waals surface area contributed by atoms with Crippen LogP contribution in [-0.2, 0) is 0 Å². The van der Waals surface area contributed by atoms with Gasteiger partial charge in [0.05, 0.1) is 6.10 Å². The van der Waals surface area contributed by atoms with E-state index in [0.29, 0.717) is 12.1 Å². The molecule has 0 aliphatic heterocycles. The van der Waals surface area contributed by atoms with Gasteiger partial charge in [0, 0.05) is 18.1 Å². The monoisotopic (exact) mass is 172 g/mol. The fourth-order valence-electron chi connectivity index (χ4n) is 1.78. The first-order valence-corrected chi connectivity index (χ1v) is 4.68. The Morgan fingerprint density at radius 3 is 2.33 bits per heavy atom. The summed E-state index contributed by atoms with van der Waals surface area (Å²) in [5.74, 6) is 0. The number of hydrogen-bond acceptors (Lipinski definition) is 3. The summed E-state index contributed by atoms with van der Waals surface area (Å²) in [6.07, 6.45) is 1.46. The van der Waals surface area contributed by atoms with Crippen LogP contribution in [0.5, 0.6) is 0 Å². The average molecular weight is 172 g/mol. The van der Waals surface area contributed by atoms with Crippen molar-refractivity contribution < 1.29 is 5.11 Å². The summed E-state index contributed by atoms with van der Waals surface area (Å²) in [7, 11) is 2.10. The van der Waals surface area contributed by atoms with Crippen LogP contribution >= 0.6 is 0 Å². The summed E-state index contributed by atoms with van der Waals surface area (Å²) in [5, 5.41) is 9.45. The molecule has 12 heavy (non-hydrogen) atoms. The fourth-order valence-corrected chi connectivity index (χ4v) is 1.78. The lowest BCUT2D eigenvalue weighted by molar-refractivity contribution is 0.143. The maximum absolute atomic E-state index is 9.45. The largest absolute Gasteiger partial charge is 0.391 e. The second-order valence-corrected chi connectivity index (χ2v) is 4.12. The molecule has 0 aromatic carbocycles. The molecule has 0 heterocycles. The molecular weight excluding hydrogens is 152 g/mol. The second-order valence-electron chi connectivity index (χ2n) is 4.12. The third kappa shape index (κ3) is 1.97. The first kappa shape index (κ1) is 9.96. The van der Waals surface area contributed by atoms with Gasteiger partial charge in [-0.05, 0) is 33.7 Å². The second kappa shape index (κ2) is 3.73. The van der Waals surface area contributed by atoms with Crippen LogP contribution in [0.1, 0.15) is 26.7 Å². The molecule has 1 fully saturated rings. The van der Waals surface area contributed by atoms with Gasteiger partial charge in [-0.15, -0.1) is 0 Å². The van der Waals surface area contributed by atoms with Gasteiger partial charge in [0.1, 0.15) is 0 Å². The lowest BCUT2D eigenvalue weighted by Crippen LogP contribution is -2.36. The quantitative estimate of drug-likeness (QED) is 0.624. The highest BCUT2D eigenvalue weighted by molar-refractivity contribution is 4.91. The Morgan fingerprint density at radius 1 is 1.42 bits per heavy atom. The van der Waals surface area contributed by atoms with Gasteiger partial charge >= 0.3 is 0 Å². The Kier molecular flexibility index (Phi) is 3.09. The SMILES string of the molecule is CC(C)N(C)C1CC(N)C(O)C1. The van der Waals surface area contributed by atoms with Gasteiger partial charge in [0.2, 0.25) is 0 Å². The molecule has 3 atom stereocenters. The lowest BCUT2D eigenvalue weighted by Gasteiger charge is -2.27. The number of rotatable bonds is 2. The molecule has 1 aliphatic rings. The van der Waals surface area contributed by atoms with Gasteiger partial charge in [-0.25, -0.2) is 0 Å². The summed E-state index contributed by atoms with van der Waals surface area (Å²) in [5.41, 5.74) is 5.73. The van der Waals surface area contributed by atoms with E-state index in [0.717, 1.165) is 12.8 Å². The maximum Gasteiger partial charge on any atom is 0.0706 e. The predicted octanol–water partition coefficient (Wildman–Crippen LogP) is 0.177. The molecule has 0 saturated heterocycles. The topological polar surface area (TPSA) is 49.5 Å². The van der Waals surface area contributed by atoms with Crippen molar-refractivity contribution in [2.24, 2.45) is 5.73 Å². The van der Waals surface area contributed by atoms with E-state index < -0.39 is 0 Å². The molecule has 0 radical (unpaired) electrons. The Bertz CT molecular complexity index is 139. The highest BCUT2D eigenvalue weighted by Crippen LogP contribution is 2.23. The summed E-state index contributed by atoms with van der Waals surface area (Å²) in [4.78, 5) is 2.29. The van der Waals surface area contributed by atoms with Crippen LogP contribution < -0.4 is 5.73 Å². The number of aliphatic hydroxyl groups excluding tert-OH is 1. The van der Waals surface area contributed by atoms with Crippen LogP contribution in [0.3, 0.4) is 0 Å². The third-order valence-corrected chi connectivity index (χ3v) is 2.94. The van der Waals surface area contributed by atoms with E-state index in [4.69, 9.17) is 5.73 Å². The number of hydrogen-bond donors (Lipinski definition) is 2. The van der Waals surface area contributed by atoms with Crippen molar-refractivity contribution in [2.45, 2.75) is 50.9 Å². The molecule has 1 aliphatic carbocycles. The van der Waals surface area contributed by atoms with Crippen LogP contribution in [0.2, 0.25) is 0 Å². The zero-order valence-electron chi connectivity index (χ0n) is 8.20. The lowest BCUT2D eigenvalue weighted by atomic mass is 10.2. The molecule has 0 aromatic rings. The molecule has 3 nitrogen and oxygen atoms in total. The Balaban J connectivity index is 2.45. The zero-order valence-corrected chi connectivity index (χ0v) is 8.20. The van der Waals surface area contributed by atoms with Crippen LogP contribution in [0.25, 0.3) is 0 Å². The zero-order chi connectivity index (χ0) is 9.30. The van der Waals surface area contributed by atoms with Crippen molar-refractivity contribution in [2.75, 3.05) is 7.05 Å². The molecular formula is C9H20N2O. The molecule has 0 spiro atoms. The maximum atomic E-state index is 9.45. The molecule has 1 rings (SSSR count). The smallest absolute Gasteiger partial charge is 0.0706 e. The predicted molar refractivity (Wildman–Crippen MR) is 49.9 cm³/mol. The molecule has 3 unspecified atom stereocenters. The van der Waals surface area contributed by atoms with Crippen LogP contribution in [0, 0.1) is 0 Å². The summed E-state index contributed by atoms with van der Waals surface area (Å²) in [6.45, 7) is 4.33. The van der Waals surface area contributed by atoms with Gasteiger partial charge in [0.25, 0.3) is 0 Å². The number of aliphatic hydroxyl groups is 1. The fraction of sp³-hybridized carbons (Fsp3) is 1.00. The summed E-state index contributed by atoms with van der Waals surface area (Å²) >= 11 is 0. The minimum atomic E-state index is -0.295. The normalized spacial score (nSPS) is 36.8. The Labute approximate surface area is 74.5 Å². The molecule has 1 saturated carbocycles. The highest BCUT2D eigenvalue weighted by atomic mass is 16.3. The third-order valence-electron chi connectivity index (χ3n) is 2.94. The van der Waals surface area contributed by atoms with E-state index in [1.165, 1.54) is 0 Å². The summed E-state index contributed by atoms with van der Waals surface area (Å²) < 4.78 is 0. The van der Waals surface area contributed by atoms with Gasteiger partial charge in [-0.1, -0.05) is 0 Å². The van der Waals surface area contributed by atoms with E-state index in [1.807, 2.05) is 0 Å². The average Bonchev–Trinajstić information content (AvgIpc) is 2.30. The summed E-state index contributed by atoms with van der Waals surface area (Å²) in [6, 6.07) is 0.985. The standard InChI is InChI=1S/C9H20N2O/c1-6(2)11(3)7-4-8(10)9(12)5-7/h6-9,12H,4-5,10H2,1-3H3. The highest BCUT2D eigenvalue weighted by Gasteiger charge is 2.33. The van der Waals surface area contributed by atoms with Crippen molar-refractivity contribution in [1.29, 1.82) is 0 Å². The van der Waals surface area contributed by atoms with Crippen molar-refractivity contribution in [1.82, 2.24) is 4.90 Å². The van der Waals surface area contributed by atoms with Crippen LogP contribution in [0.15, 0.2) is 0 Å². The Morgan fingerprint density at radius 2 is 2.00 bits per heavy atom. The van der Waals surface area contributed by atoms with E-state index in [2.05, 4.69) is 25.8 Å². The van der Waals surface area contributed by atoms with E-state index in [1.54, 1.807) is 0 Å². The van der Waals surface area contributed by atoms with Gasteiger partial charge in [0.15, 0.2) is 0 Å². The number of nitrogens with zero attached hydrogens (tertiary/aromatic N) is 1. The van der Waals surface area contributed by atoms with Gasteiger partial charge in [-0.3, -0.25) is 0 Å². The molecule has 0 bridgehead atoms. The minimum Gasteiger partial charge on any atom is -0.391 e. The van der Waals surface area contributed by atoms with Crippen molar-refractivity contribution in [3.63, 3.8) is 0 Å². The Hall–Kier alpha value is -0.120. The van der Waals surface area contributed by atoms with Gasteiger partial charge in [-0.2, -0.15) is 0 Å². The number of nitrogens with two attached hydrogens (primary N) is 1. The molecule has 72 valence electrons. The van der Waals surface area contributed by atoms with E-state index in [-0.39, 0.29) is 12.1 Å². The first-order valence-electron chi connectivity index (χ1n) is 4.68. The van der Waals surface area contributed by atoms with Crippen molar-refractivity contribution in [3.05, 3.63) is 0 Å². The van der Waals surface area contributed by atoms with Crippen LogP contribution in [-0.4, -0.2) is 41.3 Å².